The summed E-state index contributed by atoms with van der Waals surface area (Å²) in [5.41, 5.74) is -0.0698. The zero-order chi connectivity index (χ0) is 17.4. The van der Waals surface area contributed by atoms with Gasteiger partial charge in [0.05, 0.1) is 25.2 Å². The minimum Gasteiger partial charge on any atom is -0.497 e. The van der Waals surface area contributed by atoms with Crippen LogP contribution in [0.3, 0.4) is 0 Å². The van der Waals surface area contributed by atoms with E-state index in [1.165, 1.54) is 19.2 Å². The summed E-state index contributed by atoms with van der Waals surface area (Å²) in [6.07, 6.45) is 0. The van der Waals surface area contributed by atoms with Crippen LogP contribution >= 0.6 is 0 Å². The fourth-order valence-corrected chi connectivity index (χ4v) is 2.74. The molecule has 2 aliphatic rings. The Morgan fingerprint density at radius 2 is 2.00 bits per heavy atom. The van der Waals surface area contributed by atoms with Gasteiger partial charge in [0.25, 0.3) is 5.91 Å². The van der Waals surface area contributed by atoms with Crippen molar-refractivity contribution in [2.75, 3.05) is 19.1 Å². The van der Waals surface area contributed by atoms with E-state index in [1.807, 2.05) is 0 Å². The molecule has 24 heavy (non-hydrogen) atoms. The monoisotopic (exact) mass is 332 g/mol. The highest BCUT2D eigenvalue weighted by atomic mass is 16.5. The van der Waals surface area contributed by atoms with Crippen LogP contribution in [-0.2, 0) is 19.1 Å². The molecule has 1 saturated heterocycles. The minimum atomic E-state index is -1.30. The Bertz CT molecular complexity index is 776. The number of anilines is 1. The Balaban J connectivity index is 2.03. The summed E-state index contributed by atoms with van der Waals surface area (Å²) in [6.45, 7) is 0. The first kappa shape index (κ1) is 15.6. The highest BCUT2D eigenvalue weighted by Gasteiger charge is 2.59. The second-order valence-corrected chi connectivity index (χ2v) is 5.01. The molecular formula is C14H12N4O6. The number of benzene rings is 1. The molecule has 0 bridgehead atoms. The van der Waals surface area contributed by atoms with Gasteiger partial charge in [0.2, 0.25) is 5.91 Å². The van der Waals surface area contributed by atoms with Crippen molar-refractivity contribution in [3.63, 3.8) is 0 Å². The number of amides is 2. The second kappa shape index (κ2) is 5.72. The average molecular weight is 332 g/mol. The second-order valence-electron chi connectivity index (χ2n) is 5.01. The Morgan fingerprint density at radius 3 is 2.62 bits per heavy atom. The number of esters is 1. The van der Waals surface area contributed by atoms with Crippen LogP contribution in [-0.4, -0.2) is 48.9 Å². The van der Waals surface area contributed by atoms with Gasteiger partial charge in [-0.1, -0.05) is 6.07 Å². The molecule has 0 spiro atoms. The standard InChI is InChI=1S/C14H12N4O6/c1-23-8-5-3-4-7(6-8)17-12(19)9-10(14(21)24-2)15-18(16-22)11(9)13(17)20/h3-6,9,11H,1-2H3/t9-,11+/m0/s1. The number of carbonyl (C=O) groups excluding carboxylic acids is 3. The van der Waals surface area contributed by atoms with E-state index in [0.29, 0.717) is 10.9 Å². The highest BCUT2D eigenvalue weighted by molar-refractivity contribution is 6.46. The van der Waals surface area contributed by atoms with Crippen LogP contribution in [0.15, 0.2) is 34.7 Å². The molecule has 10 heteroatoms. The molecule has 1 fully saturated rings. The molecule has 1 aromatic rings. The lowest BCUT2D eigenvalue weighted by Crippen LogP contribution is -2.36. The van der Waals surface area contributed by atoms with Gasteiger partial charge < -0.3 is 9.47 Å². The summed E-state index contributed by atoms with van der Waals surface area (Å²) < 4.78 is 9.63. The van der Waals surface area contributed by atoms with Crippen molar-refractivity contribution in [3.05, 3.63) is 29.2 Å². The normalized spacial score (nSPS) is 22.3. The molecule has 2 amide bonds. The molecule has 1 aromatic carbocycles. The Hall–Kier alpha value is -3.30. The highest BCUT2D eigenvalue weighted by Crippen LogP contribution is 2.36. The minimum absolute atomic E-state index is 0.258. The summed E-state index contributed by atoms with van der Waals surface area (Å²) in [4.78, 5) is 48.9. The molecule has 2 heterocycles. The number of rotatable bonds is 4. The van der Waals surface area contributed by atoms with E-state index in [4.69, 9.17) is 4.74 Å². The van der Waals surface area contributed by atoms with Crippen LogP contribution < -0.4 is 9.64 Å². The number of hydrogen-bond acceptors (Lipinski definition) is 8. The predicted molar refractivity (Wildman–Crippen MR) is 79.9 cm³/mol. The SMILES string of the molecule is COC(=O)C1=NN(N=O)[C@H]2C(=O)N(c3cccc(OC)c3)C(=O)[C@@H]12. The van der Waals surface area contributed by atoms with Gasteiger partial charge in [0.15, 0.2) is 11.8 Å². The third kappa shape index (κ3) is 2.11. The number of nitrogens with zero attached hydrogens (tertiary/aromatic N) is 4. The van der Waals surface area contributed by atoms with Gasteiger partial charge in [0.1, 0.15) is 11.7 Å². The summed E-state index contributed by atoms with van der Waals surface area (Å²) in [6, 6.07) is 4.98. The molecule has 3 rings (SSSR count). The van der Waals surface area contributed by atoms with Crippen LogP contribution in [0.5, 0.6) is 5.75 Å². The van der Waals surface area contributed by atoms with Gasteiger partial charge >= 0.3 is 5.97 Å². The summed E-state index contributed by atoms with van der Waals surface area (Å²) in [5, 5.41) is 6.76. The molecule has 124 valence electrons. The maximum atomic E-state index is 12.7. The number of imide groups is 1. The van der Waals surface area contributed by atoms with Crippen molar-refractivity contribution in [2.45, 2.75) is 6.04 Å². The molecule has 2 atom stereocenters. The fourth-order valence-electron chi connectivity index (χ4n) is 2.74. The number of fused-ring (bicyclic) bond motifs is 1. The van der Waals surface area contributed by atoms with E-state index in [-0.39, 0.29) is 11.4 Å². The van der Waals surface area contributed by atoms with Gasteiger partial charge in [-0.05, 0) is 12.1 Å². The van der Waals surface area contributed by atoms with Crippen molar-refractivity contribution in [2.24, 2.45) is 16.3 Å². The third-order valence-electron chi connectivity index (χ3n) is 3.82. The molecule has 10 nitrogen and oxygen atoms in total. The number of ether oxygens (including phenoxy) is 2. The van der Waals surface area contributed by atoms with Crippen molar-refractivity contribution in [1.29, 1.82) is 0 Å². The first-order chi connectivity index (χ1) is 11.5. The number of carbonyl (C=O) groups is 3. The Morgan fingerprint density at radius 1 is 1.25 bits per heavy atom. The van der Waals surface area contributed by atoms with Crippen molar-refractivity contribution < 1.29 is 23.9 Å². The molecule has 0 N–H and O–H groups in total. The van der Waals surface area contributed by atoms with E-state index in [2.05, 4.69) is 15.1 Å². The molecule has 0 aromatic heterocycles. The largest absolute Gasteiger partial charge is 0.497 e. The quantitative estimate of drug-likeness (QED) is 0.435. The van der Waals surface area contributed by atoms with E-state index < -0.39 is 29.7 Å². The van der Waals surface area contributed by atoms with E-state index >= 15 is 0 Å². The summed E-state index contributed by atoms with van der Waals surface area (Å²) in [5.74, 6) is -3.09. The van der Waals surface area contributed by atoms with E-state index in [1.54, 1.807) is 12.1 Å². The van der Waals surface area contributed by atoms with Crippen molar-refractivity contribution in [3.8, 4) is 5.75 Å². The van der Waals surface area contributed by atoms with Crippen LogP contribution in [0.25, 0.3) is 0 Å². The van der Waals surface area contributed by atoms with Crippen LogP contribution in [0.2, 0.25) is 0 Å². The lowest BCUT2D eigenvalue weighted by Gasteiger charge is -2.17. The molecule has 0 aliphatic carbocycles. The first-order valence-electron chi connectivity index (χ1n) is 6.84. The van der Waals surface area contributed by atoms with Crippen LogP contribution in [0.1, 0.15) is 0 Å². The smallest absolute Gasteiger partial charge is 0.355 e. The Kier molecular flexibility index (Phi) is 3.72. The van der Waals surface area contributed by atoms with Gasteiger partial charge in [-0.2, -0.15) is 0 Å². The number of hydrazone groups is 1. The van der Waals surface area contributed by atoms with Gasteiger partial charge in [-0.15, -0.1) is 15.1 Å². The van der Waals surface area contributed by atoms with Crippen LogP contribution in [0, 0.1) is 10.8 Å². The average Bonchev–Trinajstić information content (AvgIpc) is 3.11. The molecular weight excluding hydrogens is 320 g/mol. The molecule has 0 saturated carbocycles. The fraction of sp³-hybridized carbons (Fsp3) is 0.286. The molecule has 2 aliphatic heterocycles. The summed E-state index contributed by atoms with van der Waals surface area (Å²) in [7, 11) is 2.56. The Labute approximate surface area is 135 Å². The van der Waals surface area contributed by atoms with E-state index in [9.17, 15) is 19.3 Å². The maximum absolute atomic E-state index is 12.7. The lowest BCUT2D eigenvalue weighted by molar-refractivity contribution is -0.133. The maximum Gasteiger partial charge on any atom is 0.355 e. The van der Waals surface area contributed by atoms with Gasteiger partial charge in [-0.3, -0.25) is 9.59 Å². The van der Waals surface area contributed by atoms with Gasteiger partial charge in [-0.25, -0.2) is 9.69 Å². The van der Waals surface area contributed by atoms with Crippen molar-refractivity contribution in [1.82, 2.24) is 5.12 Å². The molecule has 0 radical (unpaired) electrons. The van der Waals surface area contributed by atoms with Gasteiger partial charge in [0, 0.05) is 6.07 Å². The van der Waals surface area contributed by atoms with Crippen LogP contribution in [0.4, 0.5) is 5.69 Å². The topological polar surface area (TPSA) is 118 Å². The number of methoxy groups -OCH3 is 2. The number of nitroso groups, excluding NO2 is 1. The third-order valence-corrected chi connectivity index (χ3v) is 3.82. The summed E-state index contributed by atoms with van der Waals surface area (Å²) >= 11 is 0. The zero-order valence-electron chi connectivity index (χ0n) is 12.7. The predicted octanol–water partition coefficient (Wildman–Crippen LogP) is 0.0792. The number of hydrogen-bond donors (Lipinski definition) is 0. The van der Waals surface area contributed by atoms with E-state index in [0.717, 1.165) is 12.0 Å². The molecule has 0 unspecified atom stereocenters. The zero-order valence-corrected chi connectivity index (χ0v) is 12.7. The van der Waals surface area contributed by atoms with Crippen molar-refractivity contribution >= 4 is 29.2 Å². The first-order valence-corrected chi connectivity index (χ1v) is 6.84. The lowest BCUT2D eigenvalue weighted by atomic mass is 9.98.